The lowest BCUT2D eigenvalue weighted by atomic mass is 9.84. The summed E-state index contributed by atoms with van der Waals surface area (Å²) in [7, 11) is 1.86. The number of hydrogen-bond donors (Lipinski definition) is 2. The van der Waals surface area contributed by atoms with Gasteiger partial charge in [-0.3, -0.25) is 19.0 Å². The van der Waals surface area contributed by atoms with Crippen LogP contribution in [-0.2, 0) is 34.0 Å². The number of fused-ring (bicyclic) bond motifs is 2. The maximum Gasteiger partial charge on any atom is 0.228 e. The maximum absolute atomic E-state index is 12.8. The lowest BCUT2D eigenvalue weighted by molar-refractivity contribution is -0.119. The Balaban J connectivity index is 2.03. The van der Waals surface area contributed by atoms with E-state index in [4.69, 9.17) is 28.3 Å². The largest absolute Gasteiger partial charge is 0.309 e. The molecule has 41 heavy (non-hydrogen) atoms. The number of anilines is 2. The number of benzene rings is 2. The number of hydrogen-bond acceptors (Lipinski definition) is 4. The first-order valence-corrected chi connectivity index (χ1v) is 14.7. The highest BCUT2D eigenvalue weighted by Gasteiger charge is 2.29. The van der Waals surface area contributed by atoms with E-state index < -0.39 is 0 Å². The molecule has 2 amide bonds. The summed E-state index contributed by atoms with van der Waals surface area (Å²) in [6.07, 6.45) is 0.321. The Kier molecular flexibility index (Phi) is 8.24. The Morgan fingerprint density at radius 1 is 0.902 bits per heavy atom. The fourth-order valence-corrected chi connectivity index (χ4v) is 5.55. The first-order valence-electron chi connectivity index (χ1n) is 13.9. The van der Waals surface area contributed by atoms with Crippen molar-refractivity contribution in [1.29, 1.82) is 0 Å². The van der Waals surface area contributed by atoms with E-state index in [1.54, 1.807) is 11.6 Å². The van der Waals surface area contributed by atoms with Gasteiger partial charge in [-0.25, -0.2) is 0 Å². The van der Waals surface area contributed by atoms with Crippen LogP contribution in [0.4, 0.5) is 11.6 Å². The summed E-state index contributed by atoms with van der Waals surface area (Å²) in [6, 6.07) is 5.97. The number of nitrogens with zero attached hydrogens (tertiary/aromatic N) is 4. The van der Waals surface area contributed by atoms with Crippen molar-refractivity contribution < 1.29 is 9.59 Å². The van der Waals surface area contributed by atoms with Crippen LogP contribution in [0.2, 0.25) is 10.0 Å². The van der Waals surface area contributed by atoms with E-state index in [2.05, 4.69) is 63.3 Å². The van der Waals surface area contributed by atoms with Crippen molar-refractivity contribution in [3.05, 3.63) is 44.9 Å². The Bertz CT molecular complexity index is 1670. The zero-order valence-corrected chi connectivity index (χ0v) is 27.1. The quantitative estimate of drug-likeness (QED) is 0.236. The van der Waals surface area contributed by atoms with Gasteiger partial charge in [-0.2, -0.15) is 10.2 Å². The maximum atomic E-state index is 12.8. The summed E-state index contributed by atoms with van der Waals surface area (Å²) in [5.74, 6) is 0.334. The van der Waals surface area contributed by atoms with Crippen molar-refractivity contribution in [1.82, 2.24) is 19.6 Å². The van der Waals surface area contributed by atoms with Gasteiger partial charge in [-0.1, -0.05) is 91.6 Å². The molecule has 4 aromatic rings. The van der Waals surface area contributed by atoms with Crippen LogP contribution in [0.3, 0.4) is 0 Å². The SMILES string of the molecule is CCC(=O)Nc1nn(C)c2c(C(C)(C)C)cc(Cn3nc(NC(=O)C(C)C)c4c(Cl)ccc(C(C)(C)C)c43)c(Cl)c12. The molecule has 220 valence electrons. The monoisotopic (exact) mass is 598 g/mol. The molecular weight excluding hydrogens is 559 g/mol. The minimum atomic E-state index is -0.250. The predicted molar refractivity (Wildman–Crippen MR) is 169 cm³/mol. The molecular formula is C31H40Cl2N6O2. The van der Waals surface area contributed by atoms with Crippen LogP contribution in [0.25, 0.3) is 21.8 Å². The third-order valence-electron chi connectivity index (χ3n) is 7.25. The van der Waals surface area contributed by atoms with E-state index in [1.165, 1.54) is 0 Å². The summed E-state index contributed by atoms with van der Waals surface area (Å²) in [4.78, 5) is 25.1. The molecule has 0 bridgehead atoms. The van der Waals surface area contributed by atoms with E-state index in [0.29, 0.717) is 45.4 Å². The number of amides is 2. The molecule has 0 aliphatic carbocycles. The van der Waals surface area contributed by atoms with Gasteiger partial charge in [-0.05, 0) is 39.7 Å². The molecule has 0 atom stereocenters. The lowest BCUT2D eigenvalue weighted by Gasteiger charge is -2.24. The van der Waals surface area contributed by atoms with E-state index in [1.807, 2.05) is 37.7 Å². The van der Waals surface area contributed by atoms with Gasteiger partial charge in [0, 0.05) is 19.4 Å². The molecule has 0 saturated carbocycles. The van der Waals surface area contributed by atoms with Gasteiger partial charge in [0.05, 0.1) is 38.4 Å². The number of aromatic nitrogens is 4. The van der Waals surface area contributed by atoms with Crippen LogP contribution < -0.4 is 10.6 Å². The van der Waals surface area contributed by atoms with E-state index in [9.17, 15) is 9.59 Å². The normalized spacial score (nSPS) is 12.5. The molecule has 2 aromatic heterocycles. The topological polar surface area (TPSA) is 93.8 Å². The zero-order valence-electron chi connectivity index (χ0n) is 25.6. The second-order valence-electron chi connectivity index (χ2n) is 13.0. The van der Waals surface area contributed by atoms with E-state index in [-0.39, 0.29) is 28.6 Å². The number of aryl methyl sites for hydroxylation is 1. The van der Waals surface area contributed by atoms with Crippen LogP contribution in [0, 0.1) is 5.92 Å². The molecule has 2 heterocycles. The second-order valence-corrected chi connectivity index (χ2v) is 13.7. The number of carbonyl (C=O) groups excluding carboxylic acids is 2. The summed E-state index contributed by atoms with van der Waals surface area (Å²) >= 11 is 13.9. The van der Waals surface area contributed by atoms with Crippen molar-refractivity contribution >= 4 is 68.5 Å². The first-order chi connectivity index (χ1) is 18.9. The average Bonchev–Trinajstić information content (AvgIpc) is 3.37. The van der Waals surface area contributed by atoms with Gasteiger partial charge in [0.1, 0.15) is 0 Å². The molecule has 8 nitrogen and oxygen atoms in total. The first kappa shape index (κ1) is 30.8. The highest BCUT2D eigenvalue weighted by molar-refractivity contribution is 6.38. The molecule has 2 N–H and O–H groups in total. The molecule has 10 heteroatoms. The highest BCUT2D eigenvalue weighted by Crippen LogP contribution is 2.42. The fourth-order valence-electron chi connectivity index (χ4n) is 5.01. The Morgan fingerprint density at radius 3 is 2.07 bits per heavy atom. The van der Waals surface area contributed by atoms with Crippen molar-refractivity contribution in [3.8, 4) is 0 Å². The van der Waals surface area contributed by atoms with Gasteiger partial charge >= 0.3 is 0 Å². The average molecular weight is 600 g/mol. The molecule has 4 rings (SSSR count). The molecule has 0 unspecified atom stereocenters. The number of nitrogens with one attached hydrogen (secondary N) is 2. The molecule has 0 aliphatic heterocycles. The van der Waals surface area contributed by atoms with E-state index in [0.717, 1.165) is 27.7 Å². The second kappa shape index (κ2) is 11.0. The fraction of sp³-hybridized carbons (Fsp3) is 0.484. The molecule has 0 spiro atoms. The third kappa shape index (κ3) is 5.82. The number of halogens is 2. The summed E-state index contributed by atoms with van der Waals surface area (Å²) in [5, 5.41) is 17.8. The molecule has 0 radical (unpaired) electrons. The number of rotatable bonds is 6. The highest BCUT2D eigenvalue weighted by atomic mass is 35.5. The molecule has 2 aromatic carbocycles. The Hall–Kier alpha value is -3.10. The van der Waals surface area contributed by atoms with Crippen LogP contribution >= 0.6 is 23.2 Å². The lowest BCUT2D eigenvalue weighted by Crippen LogP contribution is -2.18. The minimum Gasteiger partial charge on any atom is -0.309 e. The number of carbonyl (C=O) groups is 2. The van der Waals surface area contributed by atoms with Gasteiger partial charge in [0.25, 0.3) is 0 Å². The van der Waals surface area contributed by atoms with Crippen molar-refractivity contribution in [2.24, 2.45) is 13.0 Å². The minimum absolute atomic E-state index is 0.142. The smallest absolute Gasteiger partial charge is 0.228 e. The Labute approximate surface area is 251 Å². The van der Waals surface area contributed by atoms with Crippen LogP contribution in [0.1, 0.15) is 85.4 Å². The molecule has 0 aliphatic rings. The Morgan fingerprint density at radius 2 is 1.51 bits per heavy atom. The predicted octanol–water partition coefficient (Wildman–Crippen LogP) is 7.82. The van der Waals surface area contributed by atoms with Gasteiger partial charge in [0.2, 0.25) is 11.8 Å². The van der Waals surface area contributed by atoms with Gasteiger partial charge in [-0.15, -0.1) is 0 Å². The standard InChI is InChI=1S/C31H40Cl2N6O2/c1-11-21(40)34-28-23-24(33)17(14-19(31(7,8)9)25(23)38(10)36-28)15-39-26-18(30(4,5)6)12-13-20(32)22(26)27(37-39)35-29(41)16(2)3/h12-14,16H,11,15H2,1-10H3,(H,34,36,40)(H,35,37,41). The van der Waals surface area contributed by atoms with Gasteiger partial charge < -0.3 is 10.6 Å². The molecule has 0 fully saturated rings. The van der Waals surface area contributed by atoms with Crippen molar-refractivity contribution in [2.45, 2.75) is 86.1 Å². The summed E-state index contributed by atoms with van der Waals surface area (Å²) in [5.41, 5.74) is 4.12. The van der Waals surface area contributed by atoms with E-state index >= 15 is 0 Å². The third-order valence-corrected chi connectivity index (χ3v) is 7.99. The van der Waals surface area contributed by atoms with Crippen molar-refractivity contribution in [2.75, 3.05) is 10.6 Å². The summed E-state index contributed by atoms with van der Waals surface area (Å²) in [6.45, 7) is 18.6. The van der Waals surface area contributed by atoms with Gasteiger partial charge in [0.15, 0.2) is 11.6 Å². The van der Waals surface area contributed by atoms with Crippen LogP contribution in [0.15, 0.2) is 18.2 Å². The van der Waals surface area contributed by atoms with Crippen molar-refractivity contribution in [3.63, 3.8) is 0 Å². The summed E-state index contributed by atoms with van der Waals surface area (Å²) < 4.78 is 3.65. The zero-order chi connectivity index (χ0) is 30.6. The molecule has 0 saturated heterocycles. The van der Waals surface area contributed by atoms with Crippen LogP contribution in [0.5, 0.6) is 0 Å². The van der Waals surface area contributed by atoms with Crippen LogP contribution in [-0.4, -0.2) is 31.4 Å².